The van der Waals surface area contributed by atoms with Gasteiger partial charge in [0.05, 0.1) is 11.6 Å². The maximum absolute atomic E-state index is 8.81. The van der Waals surface area contributed by atoms with Gasteiger partial charge in [-0.1, -0.05) is 30.3 Å². The van der Waals surface area contributed by atoms with Gasteiger partial charge in [-0.2, -0.15) is 5.26 Å². The van der Waals surface area contributed by atoms with E-state index in [-0.39, 0.29) is 0 Å². The van der Waals surface area contributed by atoms with E-state index in [0.717, 1.165) is 24.6 Å². The zero-order chi connectivity index (χ0) is 17.3. The van der Waals surface area contributed by atoms with Crippen molar-refractivity contribution in [2.45, 2.75) is 25.7 Å². The number of likely N-dealkylation sites (tertiary alicyclic amines) is 1. The summed E-state index contributed by atoms with van der Waals surface area (Å²) in [5.74, 6) is 0.843. The number of hydrogen-bond donors (Lipinski definition) is 1. The van der Waals surface area contributed by atoms with Gasteiger partial charge in [0.25, 0.3) is 0 Å². The van der Waals surface area contributed by atoms with Gasteiger partial charge in [0.2, 0.25) is 0 Å². The smallest absolute Gasteiger partial charge is 0.0991 e. The molecule has 2 aromatic carbocycles. The van der Waals surface area contributed by atoms with Crippen molar-refractivity contribution in [3.05, 3.63) is 65.7 Å². The summed E-state index contributed by atoms with van der Waals surface area (Å²) < 4.78 is 0. The van der Waals surface area contributed by atoms with Crippen LogP contribution in [0, 0.1) is 17.2 Å². The van der Waals surface area contributed by atoms with Crippen LogP contribution < -0.4 is 5.32 Å². The topological polar surface area (TPSA) is 39.1 Å². The predicted molar refractivity (Wildman–Crippen MR) is 104 cm³/mol. The van der Waals surface area contributed by atoms with E-state index < -0.39 is 0 Å². The summed E-state index contributed by atoms with van der Waals surface area (Å²) in [4.78, 5) is 2.60. The van der Waals surface area contributed by atoms with Gasteiger partial charge >= 0.3 is 0 Å². The van der Waals surface area contributed by atoms with E-state index in [4.69, 9.17) is 5.26 Å². The third-order valence-electron chi connectivity index (χ3n) is 5.07. The number of hydrogen-bond acceptors (Lipinski definition) is 3. The lowest BCUT2D eigenvalue weighted by atomic mass is 9.90. The Labute approximate surface area is 151 Å². The summed E-state index contributed by atoms with van der Waals surface area (Å²) in [7, 11) is 0. The predicted octanol–water partition coefficient (Wildman–Crippen LogP) is 4.31. The number of anilines is 1. The van der Waals surface area contributed by atoms with Crippen LogP contribution >= 0.6 is 0 Å². The first-order valence-corrected chi connectivity index (χ1v) is 9.34. The zero-order valence-corrected chi connectivity index (χ0v) is 14.8. The molecule has 1 aliphatic heterocycles. The molecule has 2 aromatic rings. The van der Waals surface area contributed by atoms with E-state index >= 15 is 0 Å². The Hall–Kier alpha value is -2.31. The molecule has 0 saturated carbocycles. The lowest BCUT2D eigenvalue weighted by Crippen LogP contribution is -2.35. The monoisotopic (exact) mass is 333 g/mol. The van der Waals surface area contributed by atoms with Crippen LogP contribution in [0.2, 0.25) is 0 Å². The quantitative estimate of drug-likeness (QED) is 0.767. The Morgan fingerprint density at radius 2 is 1.72 bits per heavy atom. The summed E-state index contributed by atoms with van der Waals surface area (Å²) in [6.07, 6.45) is 5.02. The Balaban J connectivity index is 1.30. The first-order valence-electron chi connectivity index (χ1n) is 9.34. The molecular weight excluding hydrogens is 306 g/mol. The van der Waals surface area contributed by atoms with Crippen molar-refractivity contribution < 1.29 is 0 Å². The second kappa shape index (κ2) is 9.25. The van der Waals surface area contributed by atoms with Crippen molar-refractivity contribution in [3.63, 3.8) is 0 Å². The molecule has 25 heavy (non-hydrogen) atoms. The Kier molecular flexibility index (Phi) is 6.48. The van der Waals surface area contributed by atoms with Crippen molar-refractivity contribution >= 4 is 5.69 Å². The fourth-order valence-electron chi connectivity index (χ4n) is 3.56. The minimum Gasteiger partial charge on any atom is -0.385 e. The Bertz CT molecular complexity index is 665. The normalized spacial score (nSPS) is 15.6. The summed E-state index contributed by atoms with van der Waals surface area (Å²) in [5, 5.41) is 12.3. The summed E-state index contributed by atoms with van der Waals surface area (Å²) >= 11 is 0. The Morgan fingerprint density at radius 3 is 2.40 bits per heavy atom. The van der Waals surface area contributed by atoms with Gasteiger partial charge in [0.15, 0.2) is 0 Å². The van der Waals surface area contributed by atoms with Crippen LogP contribution in [-0.2, 0) is 6.42 Å². The SMILES string of the molecule is N#Cc1ccc(NCCCN2CCC(Cc3ccccc3)CC2)cc1. The molecule has 1 heterocycles. The number of piperidine rings is 1. The summed E-state index contributed by atoms with van der Waals surface area (Å²) in [6, 6.07) is 20.7. The van der Waals surface area contributed by atoms with E-state index in [9.17, 15) is 0 Å². The standard InChI is InChI=1S/C22H27N3/c23-18-21-7-9-22(10-8-21)24-13-4-14-25-15-11-20(12-16-25)17-19-5-2-1-3-6-19/h1-3,5-10,20,24H,4,11-17H2. The highest BCUT2D eigenvalue weighted by Crippen LogP contribution is 2.21. The number of nitrogens with one attached hydrogen (secondary N) is 1. The lowest BCUT2D eigenvalue weighted by Gasteiger charge is -2.32. The van der Waals surface area contributed by atoms with Gasteiger partial charge in [-0.25, -0.2) is 0 Å². The van der Waals surface area contributed by atoms with E-state index in [2.05, 4.69) is 46.6 Å². The highest BCUT2D eigenvalue weighted by molar-refractivity contribution is 5.47. The molecular formula is C22H27N3. The molecule has 0 unspecified atom stereocenters. The van der Waals surface area contributed by atoms with E-state index in [1.165, 1.54) is 44.5 Å². The molecule has 130 valence electrons. The van der Waals surface area contributed by atoms with Gasteiger partial charge in [-0.05, 0) is 81.1 Å². The maximum Gasteiger partial charge on any atom is 0.0991 e. The van der Waals surface area contributed by atoms with E-state index in [1.807, 2.05) is 24.3 Å². The largest absolute Gasteiger partial charge is 0.385 e. The molecule has 1 fully saturated rings. The van der Waals surface area contributed by atoms with E-state index in [1.54, 1.807) is 0 Å². The number of benzene rings is 2. The highest BCUT2D eigenvalue weighted by Gasteiger charge is 2.18. The Morgan fingerprint density at radius 1 is 1.00 bits per heavy atom. The van der Waals surface area contributed by atoms with Crippen molar-refractivity contribution in [1.82, 2.24) is 4.90 Å². The number of rotatable bonds is 7. The average Bonchev–Trinajstić information content (AvgIpc) is 2.68. The highest BCUT2D eigenvalue weighted by atomic mass is 15.1. The van der Waals surface area contributed by atoms with Crippen LogP contribution in [0.25, 0.3) is 0 Å². The minimum absolute atomic E-state index is 0.712. The van der Waals surface area contributed by atoms with Crippen molar-refractivity contribution in [2.24, 2.45) is 5.92 Å². The lowest BCUT2D eigenvalue weighted by molar-refractivity contribution is 0.183. The van der Waals surface area contributed by atoms with Crippen molar-refractivity contribution in [2.75, 3.05) is 31.5 Å². The minimum atomic E-state index is 0.712. The number of nitriles is 1. The molecule has 3 nitrogen and oxygen atoms in total. The van der Waals surface area contributed by atoms with Crippen LogP contribution in [0.4, 0.5) is 5.69 Å². The molecule has 1 saturated heterocycles. The van der Waals surface area contributed by atoms with Gasteiger partial charge in [-0.3, -0.25) is 0 Å². The van der Waals surface area contributed by atoms with Gasteiger partial charge < -0.3 is 10.2 Å². The molecule has 0 spiro atoms. The molecule has 0 aromatic heterocycles. The zero-order valence-electron chi connectivity index (χ0n) is 14.8. The fourth-order valence-corrected chi connectivity index (χ4v) is 3.56. The van der Waals surface area contributed by atoms with Crippen molar-refractivity contribution in [3.8, 4) is 6.07 Å². The number of nitrogens with zero attached hydrogens (tertiary/aromatic N) is 2. The van der Waals surface area contributed by atoms with Crippen LogP contribution in [0.15, 0.2) is 54.6 Å². The van der Waals surface area contributed by atoms with Crippen LogP contribution in [0.1, 0.15) is 30.4 Å². The molecule has 0 bridgehead atoms. The molecule has 0 aliphatic carbocycles. The molecule has 0 atom stereocenters. The van der Waals surface area contributed by atoms with Crippen molar-refractivity contribution in [1.29, 1.82) is 5.26 Å². The third-order valence-corrected chi connectivity index (χ3v) is 5.07. The van der Waals surface area contributed by atoms with E-state index in [0.29, 0.717) is 5.56 Å². The molecule has 1 aliphatic rings. The van der Waals surface area contributed by atoms with Crippen LogP contribution in [-0.4, -0.2) is 31.1 Å². The third kappa shape index (κ3) is 5.62. The van der Waals surface area contributed by atoms with Gasteiger partial charge in [-0.15, -0.1) is 0 Å². The first kappa shape index (κ1) is 17.5. The van der Waals surface area contributed by atoms with Gasteiger partial charge in [0, 0.05) is 12.2 Å². The molecule has 3 rings (SSSR count). The first-order chi connectivity index (χ1) is 12.3. The second-order valence-corrected chi connectivity index (χ2v) is 6.94. The second-order valence-electron chi connectivity index (χ2n) is 6.94. The molecule has 3 heteroatoms. The molecule has 0 radical (unpaired) electrons. The fraction of sp³-hybridized carbons (Fsp3) is 0.409. The maximum atomic E-state index is 8.81. The van der Waals surface area contributed by atoms with Crippen LogP contribution in [0.5, 0.6) is 0 Å². The summed E-state index contributed by atoms with van der Waals surface area (Å²) in [6.45, 7) is 4.61. The van der Waals surface area contributed by atoms with Gasteiger partial charge in [0.1, 0.15) is 0 Å². The molecule has 0 amide bonds. The molecule has 1 N–H and O–H groups in total. The summed E-state index contributed by atoms with van der Waals surface area (Å²) in [5.41, 5.74) is 3.29. The average molecular weight is 333 g/mol. The van der Waals surface area contributed by atoms with Crippen LogP contribution in [0.3, 0.4) is 0 Å².